The lowest BCUT2D eigenvalue weighted by molar-refractivity contribution is 0.553. The van der Waals surface area contributed by atoms with Crippen molar-refractivity contribution in [3.63, 3.8) is 0 Å². The maximum atomic E-state index is 6.19. The number of aryl methyl sites for hydroxylation is 1. The second-order valence-corrected chi connectivity index (χ2v) is 4.09. The van der Waals surface area contributed by atoms with Gasteiger partial charge in [-0.2, -0.15) is 0 Å². The van der Waals surface area contributed by atoms with Crippen molar-refractivity contribution in [3.05, 3.63) is 58.5 Å². The minimum Gasteiger partial charge on any atom is -0.472 e. The largest absolute Gasteiger partial charge is 0.472 e. The van der Waals surface area contributed by atoms with E-state index < -0.39 is 0 Å². The SMILES string of the molecule is Cc1ccc(C(NN)c2ccoc2)c(Cl)c1. The highest BCUT2D eigenvalue weighted by Gasteiger charge is 2.16. The lowest BCUT2D eigenvalue weighted by Gasteiger charge is -2.16. The van der Waals surface area contributed by atoms with E-state index in [2.05, 4.69) is 5.43 Å². The first kappa shape index (κ1) is 11.2. The smallest absolute Gasteiger partial charge is 0.0954 e. The lowest BCUT2D eigenvalue weighted by atomic mass is 10.0. The molecule has 3 N–H and O–H groups in total. The zero-order valence-electron chi connectivity index (χ0n) is 8.91. The normalized spacial score (nSPS) is 12.7. The standard InChI is InChI=1S/C12H13ClN2O/c1-8-2-3-10(11(13)6-8)12(15-14)9-4-5-16-7-9/h2-7,12,15H,14H2,1H3. The maximum Gasteiger partial charge on any atom is 0.0954 e. The molecule has 1 heterocycles. The fourth-order valence-electron chi connectivity index (χ4n) is 1.67. The van der Waals surface area contributed by atoms with Gasteiger partial charge in [0.1, 0.15) is 0 Å². The van der Waals surface area contributed by atoms with Crippen LogP contribution in [0.2, 0.25) is 5.02 Å². The molecule has 0 aliphatic rings. The summed E-state index contributed by atoms with van der Waals surface area (Å²) in [5, 5.41) is 0.698. The van der Waals surface area contributed by atoms with E-state index in [1.54, 1.807) is 12.5 Å². The summed E-state index contributed by atoms with van der Waals surface area (Å²) in [7, 11) is 0. The van der Waals surface area contributed by atoms with Gasteiger partial charge >= 0.3 is 0 Å². The highest BCUT2D eigenvalue weighted by atomic mass is 35.5. The summed E-state index contributed by atoms with van der Waals surface area (Å²) < 4.78 is 5.04. The number of halogens is 1. The van der Waals surface area contributed by atoms with Gasteiger partial charge < -0.3 is 4.42 Å². The molecule has 4 heteroatoms. The number of hydrazine groups is 1. The summed E-state index contributed by atoms with van der Waals surface area (Å²) in [6.45, 7) is 2.00. The first-order chi connectivity index (χ1) is 7.72. The molecule has 1 aromatic heterocycles. The molecule has 0 radical (unpaired) electrons. The van der Waals surface area contributed by atoms with E-state index in [-0.39, 0.29) is 6.04 Å². The molecule has 0 amide bonds. The van der Waals surface area contributed by atoms with Gasteiger partial charge in [-0.3, -0.25) is 5.84 Å². The molecule has 0 saturated carbocycles. The van der Waals surface area contributed by atoms with Crippen LogP contribution in [0, 0.1) is 6.92 Å². The van der Waals surface area contributed by atoms with Crippen molar-refractivity contribution in [1.29, 1.82) is 0 Å². The molecule has 0 bridgehead atoms. The third kappa shape index (κ3) is 2.11. The van der Waals surface area contributed by atoms with Gasteiger partial charge in [-0.15, -0.1) is 0 Å². The summed E-state index contributed by atoms with van der Waals surface area (Å²) in [4.78, 5) is 0. The van der Waals surface area contributed by atoms with E-state index >= 15 is 0 Å². The fourth-order valence-corrected chi connectivity index (χ4v) is 2.02. The van der Waals surface area contributed by atoms with Gasteiger partial charge in [-0.1, -0.05) is 23.7 Å². The van der Waals surface area contributed by atoms with Crippen LogP contribution >= 0.6 is 11.6 Å². The Bertz CT molecular complexity index is 468. The molecule has 0 spiro atoms. The van der Waals surface area contributed by atoms with Crippen molar-refractivity contribution in [1.82, 2.24) is 5.43 Å². The summed E-state index contributed by atoms with van der Waals surface area (Å²) in [5.41, 5.74) is 5.75. The molecular weight excluding hydrogens is 224 g/mol. The van der Waals surface area contributed by atoms with Crippen LogP contribution in [0.3, 0.4) is 0 Å². The number of benzene rings is 1. The van der Waals surface area contributed by atoms with Gasteiger partial charge in [0.2, 0.25) is 0 Å². The van der Waals surface area contributed by atoms with Crippen molar-refractivity contribution in [3.8, 4) is 0 Å². The van der Waals surface area contributed by atoms with Crippen molar-refractivity contribution >= 4 is 11.6 Å². The molecule has 0 fully saturated rings. The number of nitrogens with two attached hydrogens (primary N) is 1. The third-order valence-corrected chi connectivity index (χ3v) is 2.84. The average molecular weight is 237 g/mol. The van der Waals surface area contributed by atoms with Gasteiger partial charge in [-0.05, 0) is 30.2 Å². The molecule has 16 heavy (non-hydrogen) atoms. The lowest BCUT2D eigenvalue weighted by Crippen LogP contribution is -2.28. The van der Waals surface area contributed by atoms with E-state index in [1.807, 2.05) is 31.2 Å². The van der Waals surface area contributed by atoms with E-state index in [0.29, 0.717) is 5.02 Å². The highest BCUT2D eigenvalue weighted by Crippen LogP contribution is 2.28. The predicted molar refractivity (Wildman–Crippen MR) is 64.1 cm³/mol. The number of hydrogen-bond acceptors (Lipinski definition) is 3. The Morgan fingerprint density at radius 1 is 1.38 bits per heavy atom. The van der Waals surface area contributed by atoms with Gasteiger partial charge in [-0.25, -0.2) is 5.43 Å². The van der Waals surface area contributed by atoms with Crippen LogP contribution < -0.4 is 11.3 Å². The van der Waals surface area contributed by atoms with Crippen LogP contribution in [-0.4, -0.2) is 0 Å². The van der Waals surface area contributed by atoms with Gasteiger partial charge in [0.15, 0.2) is 0 Å². The Morgan fingerprint density at radius 3 is 2.75 bits per heavy atom. The fraction of sp³-hybridized carbons (Fsp3) is 0.167. The molecule has 1 atom stereocenters. The maximum absolute atomic E-state index is 6.19. The van der Waals surface area contributed by atoms with Crippen molar-refractivity contribution in [2.24, 2.45) is 5.84 Å². The van der Waals surface area contributed by atoms with Crippen molar-refractivity contribution in [2.45, 2.75) is 13.0 Å². The Hall–Kier alpha value is -1.29. The molecule has 3 nitrogen and oxygen atoms in total. The zero-order chi connectivity index (χ0) is 11.5. The van der Waals surface area contributed by atoms with Crippen LogP contribution in [-0.2, 0) is 0 Å². The topological polar surface area (TPSA) is 51.2 Å². The molecule has 0 saturated heterocycles. The zero-order valence-corrected chi connectivity index (χ0v) is 9.66. The Labute approximate surface area is 99.2 Å². The monoisotopic (exact) mass is 236 g/mol. The van der Waals surface area contributed by atoms with E-state index in [9.17, 15) is 0 Å². The van der Waals surface area contributed by atoms with E-state index in [4.69, 9.17) is 21.9 Å². The minimum absolute atomic E-state index is 0.146. The van der Waals surface area contributed by atoms with Crippen LogP contribution in [0.15, 0.2) is 41.2 Å². The molecular formula is C12H13ClN2O. The third-order valence-electron chi connectivity index (χ3n) is 2.51. The molecule has 2 rings (SSSR count). The Balaban J connectivity index is 2.41. The summed E-state index contributed by atoms with van der Waals surface area (Å²) in [6, 6.07) is 7.61. The Morgan fingerprint density at radius 2 is 2.19 bits per heavy atom. The summed E-state index contributed by atoms with van der Waals surface area (Å²) in [5.74, 6) is 5.55. The number of rotatable bonds is 3. The predicted octanol–water partition coefficient (Wildman–Crippen LogP) is 2.79. The molecule has 84 valence electrons. The van der Waals surface area contributed by atoms with Crippen molar-refractivity contribution < 1.29 is 4.42 Å². The Kier molecular flexibility index (Phi) is 3.29. The van der Waals surface area contributed by atoms with Crippen molar-refractivity contribution in [2.75, 3.05) is 0 Å². The van der Waals surface area contributed by atoms with E-state index in [1.165, 1.54) is 0 Å². The summed E-state index contributed by atoms with van der Waals surface area (Å²) in [6.07, 6.45) is 3.27. The first-order valence-electron chi connectivity index (χ1n) is 4.96. The second kappa shape index (κ2) is 4.70. The molecule has 1 unspecified atom stereocenters. The number of nitrogens with one attached hydrogen (secondary N) is 1. The van der Waals surface area contributed by atoms with Crippen LogP contribution in [0.25, 0.3) is 0 Å². The van der Waals surface area contributed by atoms with Crippen LogP contribution in [0.5, 0.6) is 0 Å². The van der Waals surface area contributed by atoms with E-state index in [0.717, 1.165) is 16.7 Å². The quantitative estimate of drug-likeness (QED) is 0.637. The minimum atomic E-state index is -0.146. The molecule has 0 aliphatic carbocycles. The average Bonchev–Trinajstić information content (AvgIpc) is 2.75. The molecule has 0 aliphatic heterocycles. The van der Waals surface area contributed by atoms with Gasteiger partial charge in [0, 0.05) is 10.6 Å². The first-order valence-corrected chi connectivity index (χ1v) is 5.34. The van der Waals surface area contributed by atoms with Crippen LogP contribution in [0.4, 0.5) is 0 Å². The second-order valence-electron chi connectivity index (χ2n) is 3.68. The molecule has 1 aromatic carbocycles. The number of furan rings is 1. The number of hydrogen-bond donors (Lipinski definition) is 2. The molecule has 2 aromatic rings. The van der Waals surface area contributed by atoms with Gasteiger partial charge in [0.05, 0.1) is 18.6 Å². The van der Waals surface area contributed by atoms with Crippen LogP contribution in [0.1, 0.15) is 22.7 Å². The summed E-state index contributed by atoms with van der Waals surface area (Å²) >= 11 is 6.19. The van der Waals surface area contributed by atoms with Gasteiger partial charge in [0.25, 0.3) is 0 Å². The highest BCUT2D eigenvalue weighted by molar-refractivity contribution is 6.31.